The Morgan fingerprint density at radius 2 is 1.82 bits per heavy atom. The number of hydrogen-bond acceptors (Lipinski definition) is 2. The Balaban J connectivity index is 1.97. The number of amides is 1. The number of aliphatic hydroxyl groups excluding tert-OH is 1. The van der Waals surface area contributed by atoms with Gasteiger partial charge in [0.25, 0.3) is 0 Å². The number of H-pyrrole nitrogens is 1. The molecule has 0 aliphatic carbocycles. The van der Waals surface area contributed by atoms with Crippen molar-refractivity contribution in [1.82, 2.24) is 10.3 Å². The molecule has 0 spiro atoms. The quantitative estimate of drug-likeness (QED) is 0.536. The number of aromatic nitrogens is 1. The van der Waals surface area contributed by atoms with Crippen LogP contribution >= 0.6 is 0 Å². The fraction of sp³-hybridized carbons (Fsp3) is 0.250. The van der Waals surface area contributed by atoms with Crippen LogP contribution in [0.5, 0.6) is 0 Å². The average Bonchev–Trinajstić information content (AvgIpc) is 3.03. The Labute approximate surface area is 158 Å². The molecule has 0 aliphatic heterocycles. The molecule has 1 heterocycles. The van der Waals surface area contributed by atoms with Crippen molar-refractivity contribution < 1.29 is 27.5 Å². The van der Waals surface area contributed by atoms with Gasteiger partial charge >= 0.3 is 0 Å². The number of aromatic amines is 1. The fourth-order valence-electron chi connectivity index (χ4n) is 3.07. The molecule has 3 rings (SSSR count). The number of rotatable bonds is 7. The van der Waals surface area contributed by atoms with Gasteiger partial charge in [-0.1, -0.05) is 0 Å². The van der Waals surface area contributed by atoms with Crippen molar-refractivity contribution in [3.8, 4) is 11.3 Å². The highest BCUT2D eigenvalue weighted by Gasteiger charge is 2.19. The molecule has 3 N–H and O–H groups in total. The van der Waals surface area contributed by atoms with E-state index >= 15 is 0 Å². The van der Waals surface area contributed by atoms with E-state index in [1.165, 1.54) is 24.3 Å². The van der Waals surface area contributed by atoms with E-state index in [-0.39, 0.29) is 23.7 Å². The molecule has 0 saturated carbocycles. The lowest BCUT2D eigenvalue weighted by molar-refractivity contribution is -0.122. The predicted octanol–water partition coefficient (Wildman–Crippen LogP) is 3.63. The van der Waals surface area contributed by atoms with Crippen molar-refractivity contribution in [3.05, 3.63) is 59.4 Å². The maximum absolute atomic E-state index is 14.2. The monoisotopic (exact) mass is 394 g/mol. The van der Waals surface area contributed by atoms with Gasteiger partial charge in [-0.15, -0.1) is 0 Å². The first kappa shape index (κ1) is 19.9. The zero-order chi connectivity index (χ0) is 20.3. The summed E-state index contributed by atoms with van der Waals surface area (Å²) < 4.78 is 53.9. The van der Waals surface area contributed by atoms with Crippen molar-refractivity contribution in [3.63, 3.8) is 0 Å². The molecular formula is C20H18F4N2O2. The van der Waals surface area contributed by atoms with E-state index < -0.39 is 42.7 Å². The molecule has 0 aliphatic rings. The van der Waals surface area contributed by atoms with Crippen LogP contribution in [0.25, 0.3) is 22.2 Å². The maximum atomic E-state index is 14.2. The van der Waals surface area contributed by atoms with E-state index in [1.54, 1.807) is 0 Å². The lowest BCUT2D eigenvalue weighted by Gasteiger charge is -2.12. The molecule has 148 valence electrons. The van der Waals surface area contributed by atoms with Gasteiger partial charge in [-0.2, -0.15) is 0 Å². The molecular weight excluding hydrogens is 376 g/mol. The predicted molar refractivity (Wildman–Crippen MR) is 96.9 cm³/mol. The van der Waals surface area contributed by atoms with Crippen LogP contribution in [0.1, 0.15) is 12.0 Å². The largest absolute Gasteiger partial charge is 0.394 e. The maximum Gasteiger partial charge on any atom is 0.220 e. The van der Waals surface area contributed by atoms with Crippen LogP contribution < -0.4 is 5.32 Å². The van der Waals surface area contributed by atoms with E-state index in [0.29, 0.717) is 16.8 Å². The molecule has 1 amide bonds. The minimum atomic E-state index is -0.998. The molecule has 8 heteroatoms. The number of halogens is 4. The molecule has 0 fully saturated rings. The number of hydrogen-bond donors (Lipinski definition) is 3. The van der Waals surface area contributed by atoms with Crippen LogP contribution in [0.15, 0.2) is 36.4 Å². The molecule has 1 atom stereocenters. The van der Waals surface area contributed by atoms with Gasteiger partial charge in [-0.25, -0.2) is 17.6 Å². The molecule has 2 aromatic carbocycles. The van der Waals surface area contributed by atoms with Crippen LogP contribution in [-0.2, 0) is 11.2 Å². The van der Waals surface area contributed by atoms with Gasteiger partial charge in [0, 0.05) is 23.6 Å². The van der Waals surface area contributed by atoms with Gasteiger partial charge in [-0.05, 0) is 47.9 Å². The molecule has 0 radical (unpaired) electrons. The van der Waals surface area contributed by atoms with Crippen molar-refractivity contribution >= 4 is 16.8 Å². The molecule has 0 bridgehead atoms. The van der Waals surface area contributed by atoms with Crippen molar-refractivity contribution in [2.45, 2.75) is 18.9 Å². The normalized spacial score (nSPS) is 12.3. The molecule has 1 unspecified atom stereocenters. The van der Waals surface area contributed by atoms with Crippen LogP contribution in [0.2, 0.25) is 0 Å². The van der Waals surface area contributed by atoms with E-state index in [2.05, 4.69) is 10.3 Å². The highest BCUT2D eigenvalue weighted by atomic mass is 19.1. The van der Waals surface area contributed by atoms with Crippen LogP contribution in [-0.4, -0.2) is 35.3 Å². The summed E-state index contributed by atoms with van der Waals surface area (Å²) >= 11 is 0. The van der Waals surface area contributed by atoms with E-state index in [0.717, 1.165) is 12.1 Å². The highest BCUT2D eigenvalue weighted by molar-refractivity contribution is 5.92. The molecule has 3 aromatic rings. The minimum absolute atomic E-state index is 0.0770. The number of fused-ring (bicyclic) bond motifs is 1. The third-order valence-electron chi connectivity index (χ3n) is 4.44. The zero-order valence-electron chi connectivity index (χ0n) is 14.7. The fourth-order valence-corrected chi connectivity index (χ4v) is 3.07. The number of aryl methyl sites for hydroxylation is 1. The van der Waals surface area contributed by atoms with Gasteiger partial charge in [0.05, 0.1) is 18.2 Å². The van der Waals surface area contributed by atoms with Gasteiger partial charge in [-0.3, -0.25) is 4.79 Å². The number of carbonyl (C=O) groups is 1. The number of benzene rings is 2. The summed E-state index contributed by atoms with van der Waals surface area (Å²) in [5.41, 5.74) is 1.55. The van der Waals surface area contributed by atoms with Crippen LogP contribution in [0, 0.1) is 17.5 Å². The van der Waals surface area contributed by atoms with Crippen LogP contribution in [0.4, 0.5) is 17.6 Å². The Morgan fingerprint density at radius 1 is 1.11 bits per heavy atom. The number of carbonyl (C=O) groups excluding carboxylic acids is 1. The number of nitrogens with one attached hydrogen (secondary N) is 2. The Hall–Kier alpha value is -2.87. The highest BCUT2D eigenvalue weighted by Crippen LogP contribution is 2.33. The standard InChI is InChI=1S/C20H18F4N2O2/c21-9-14(10-27)25-18(28)6-5-15-16-7-13(23)8-17(24)20(16)26-19(15)11-1-3-12(22)4-2-11/h1-4,7-8,14,26-27H,5-6,9-10H2,(H,25,28). The zero-order valence-corrected chi connectivity index (χ0v) is 14.7. The first-order valence-electron chi connectivity index (χ1n) is 8.64. The SMILES string of the molecule is O=C(CCc1c(-c2ccc(F)cc2)[nH]c2c(F)cc(F)cc12)NC(CO)CF. The smallest absolute Gasteiger partial charge is 0.220 e. The Bertz CT molecular complexity index is 982. The lowest BCUT2D eigenvalue weighted by Crippen LogP contribution is -2.39. The summed E-state index contributed by atoms with van der Waals surface area (Å²) in [6, 6.07) is 6.36. The summed E-state index contributed by atoms with van der Waals surface area (Å²) in [6.45, 7) is -1.45. The summed E-state index contributed by atoms with van der Waals surface area (Å²) in [7, 11) is 0. The number of aliphatic hydroxyl groups is 1. The van der Waals surface area contributed by atoms with Gasteiger partial charge < -0.3 is 15.4 Å². The third-order valence-corrected chi connectivity index (χ3v) is 4.44. The van der Waals surface area contributed by atoms with Crippen LogP contribution in [0.3, 0.4) is 0 Å². The lowest BCUT2D eigenvalue weighted by atomic mass is 10.0. The van der Waals surface area contributed by atoms with E-state index in [1.807, 2.05) is 0 Å². The van der Waals surface area contributed by atoms with Gasteiger partial charge in [0.1, 0.15) is 24.1 Å². The topological polar surface area (TPSA) is 65.1 Å². The minimum Gasteiger partial charge on any atom is -0.394 e. The average molecular weight is 394 g/mol. The summed E-state index contributed by atoms with van der Waals surface area (Å²) in [6.07, 6.45) is 0.0155. The van der Waals surface area contributed by atoms with Crippen molar-refractivity contribution in [2.75, 3.05) is 13.3 Å². The van der Waals surface area contributed by atoms with Crippen molar-refractivity contribution in [1.29, 1.82) is 0 Å². The third kappa shape index (κ3) is 4.17. The molecule has 4 nitrogen and oxygen atoms in total. The molecule has 1 aromatic heterocycles. The second-order valence-corrected chi connectivity index (χ2v) is 6.40. The first-order chi connectivity index (χ1) is 13.4. The second-order valence-electron chi connectivity index (χ2n) is 6.40. The van der Waals surface area contributed by atoms with Gasteiger partial charge in [0.15, 0.2) is 0 Å². The van der Waals surface area contributed by atoms with E-state index in [9.17, 15) is 22.4 Å². The van der Waals surface area contributed by atoms with E-state index in [4.69, 9.17) is 5.11 Å². The number of alkyl halides is 1. The Morgan fingerprint density at radius 3 is 2.46 bits per heavy atom. The Kier molecular flexibility index (Phi) is 5.99. The summed E-state index contributed by atoms with van der Waals surface area (Å²) in [5.74, 6) is -2.50. The molecule has 28 heavy (non-hydrogen) atoms. The summed E-state index contributed by atoms with van der Waals surface area (Å²) in [4.78, 5) is 14.9. The van der Waals surface area contributed by atoms with Crippen molar-refractivity contribution in [2.24, 2.45) is 0 Å². The molecule has 0 saturated heterocycles. The first-order valence-corrected chi connectivity index (χ1v) is 8.64. The summed E-state index contributed by atoms with van der Waals surface area (Å²) in [5, 5.41) is 11.6. The van der Waals surface area contributed by atoms with Gasteiger partial charge in [0.2, 0.25) is 5.91 Å². The second kappa shape index (κ2) is 8.43.